The number of hydrogen-bond donors (Lipinski definition) is 1. The topological polar surface area (TPSA) is 66.5 Å². The maximum atomic E-state index is 12.0. The molecule has 7 heteroatoms. The molecule has 2 rings (SSSR count). The smallest absolute Gasteiger partial charge is 0.252 e. The van der Waals surface area contributed by atoms with Gasteiger partial charge in [0.05, 0.1) is 11.4 Å². The molecular formula is C12H10BrClN2O3. The maximum absolute atomic E-state index is 12.0. The van der Waals surface area contributed by atoms with Gasteiger partial charge in [0.15, 0.2) is 0 Å². The first-order valence-electron chi connectivity index (χ1n) is 5.46. The summed E-state index contributed by atoms with van der Waals surface area (Å²) < 4.78 is 0.678. The van der Waals surface area contributed by atoms with Gasteiger partial charge in [-0.05, 0) is 34.1 Å². The van der Waals surface area contributed by atoms with E-state index >= 15 is 0 Å². The van der Waals surface area contributed by atoms with Gasteiger partial charge < -0.3 is 5.32 Å². The average Bonchev–Trinajstić information content (AvgIpc) is 2.60. The van der Waals surface area contributed by atoms with Crippen LogP contribution < -0.4 is 5.32 Å². The molecule has 1 saturated heterocycles. The van der Waals surface area contributed by atoms with Gasteiger partial charge in [-0.1, -0.05) is 11.6 Å². The van der Waals surface area contributed by atoms with Crippen molar-refractivity contribution < 1.29 is 14.4 Å². The summed E-state index contributed by atoms with van der Waals surface area (Å²) in [6.45, 7) is 0. The molecule has 1 N–H and O–H groups in total. The Hall–Kier alpha value is -1.40. The van der Waals surface area contributed by atoms with Crippen molar-refractivity contribution in [3.8, 4) is 0 Å². The monoisotopic (exact) mass is 344 g/mol. The lowest BCUT2D eigenvalue weighted by atomic mass is 10.2. The minimum absolute atomic E-state index is 0.00860. The van der Waals surface area contributed by atoms with E-state index < -0.39 is 17.9 Å². The van der Waals surface area contributed by atoms with E-state index in [1.54, 1.807) is 12.1 Å². The van der Waals surface area contributed by atoms with Gasteiger partial charge in [-0.25, -0.2) is 0 Å². The molecule has 0 radical (unpaired) electrons. The van der Waals surface area contributed by atoms with Crippen LogP contribution in [0.1, 0.15) is 16.8 Å². The minimum Gasteiger partial charge on any atom is -0.340 e. The van der Waals surface area contributed by atoms with E-state index in [1.807, 2.05) is 0 Å². The zero-order valence-corrected chi connectivity index (χ0v) is 12.3. The zero-order chi connectivity index (χ0) is 14.2. The number of amides is 3. The quantitative estimate of drug-likeness (QED) is 0.828. The minimum atomic E-state index is -0.799. The fraction of sp³-hybridized carbons (Fsp3) is 0.250. The Morgan fingerprint density at radius 2 is 2.16 bits per heavy atom. The van der Waals surface area contributed by atoms with Crippen LogP contribution >= 0.6 is 27.5 Å². The SMILES string of the molecule is CN1C(=O)CC(NC(=O)c2ccc(Br)c(Cl)c2)C1=O. The molecule has 0 spiro atoms. The summed E-state index contributed by atoms with van der Waals surface area (Å²) in [5.74, 6) is -1.14. The van der Waals surface area contributed by atoms with Crippen LogP contribution in [0.3, 0.4) is 0 Å². The van der Waals surface area contributed by atoms with Gasteiger partial charge in [-0.15, -0.1) is 0 Å². The van der Waals surface area contributed by atoms with Gasteiger partial charge in [0.2, 0.25) is 5.91 Å². The number of nitrogens with one attached hydrogen (secondary N) is 1. The molecule has 1 atom stereocenters. The lowest BCUT2D eigenvalue weighted by Crippen LogP contribution is -2.40. The molecule has 0 bridgehead atoms. The standard InChI is InChI=1S/C12H10BrClN2O3/c1-16-10(17)5-9(12(16)19)15-11(18)6-2-3-7(13)8(14)4-6/h2-4,9H,5H2,1H3,(H,15,18). The van der Waals surface area contributed by atoms with E-state index in [-0.39, 0.29) is 12.3 Å². The predicted molar refractivity (Wildman–Crippen MR) is 72.8 cm³/mol. The largest absolute Gasteiger partial charge is 0.340 e. The number of rotatable bonds is 2. The molecule has 0 aromatic heterocycles. The third-order valence-electron chi connectivity index (χ3n) is 2.87. The van der Waals surface area contributed by atoms with Gasteiger partial charge in [-0.3, -0.25) is 19.3 Å². The molecule has 1 aliphatic heterocycles. The van der Waals surface area contributed by atoms with Crippen molar-refractivity contribution in [3.05, 3.63) is 33.3 Å². The average molecular weight is 346 g/mol. The van der Waals surface area contributed by atoms with Crippen LogP contribution in [-0.2, 0) is 9.59 Å². The zero-order valence-electron chi connectivity index (χ0n) is 9.94. The summed E-state index contributed by atoms with van der Waals surface area (Å²) in [5.41, 5.74) is 0.336. The molecule has 1 aromatic rings. The van der Waals surface area contributed by atoms with Gasteiger partial charge >= 0.3 is 0 Å². The van der Waals surface area contributed by atoms with E-state index in [0.717, 1.165) is 4.90 Å². The molecule has 19 heavy (non-hydrogen) atoms. The second-order valence-corrected chi connectivity index (χ2v) is 5.41. The highest BCUT2D eigenvalue weighted by Crippen LogP contribution is 2.23. The van der Waals surface area contributed by atoms with Crippen LogP contribution in [0, 0.1) is 0 Å². The lowest BCUT2D eigenvalue weighted by Gasteiger charge is -2.11. The highest BCUT2D eigenvalue weighted by atomic mass is 79.9. The van der Waals surface area contributed by atoms with Gasteiger partial charge in [0.25, 0.3) is 11.8 Å². The third-order valence-corrected chi connectivity index (χ3v) is 4.10. The Bertz CT molecular complexity index is 576. The molecule has 0 saturated carbocycles. The van der Waals surface area contributed by atoms with Crippen LogP contribution in [0.2, 0.25) is 5.02 Å². The van der Waals surface area contributed by atoms with Crippen molar-refractivity contribution in [2.75, 3.05) is 7.05 Å². The number of imide groups is 1. The molecule has 1 aromatic carbocycles. The molecule has 1 unspecified atom stereocenters. The molecule has 5 nitrogen and oxygen atoms in total. The molecular weight excluding hydrogens is 336 g/mol. The number of nitrogens with zero attached hydrogens (tertiary/aromatic N) is 1. The second kappa shape index (κ2) is 5.30. The normalized spacial score (nSPS) is 18.9. The highest BCUT2D eigenvalue weighted by molar-refractivity contribution is 9.10. The summed E-state index contributed by atoms with van der Waals surface area (Å²) in [6.07, 6.45) is -0.00860. The molecule has 1 heterocycles. The van der Waals surface area contributed by atoms with E-state index in [4.69, 9.17) is 11.6 Å². The number of likely N-dealkylation sites (N-methyl/N-ethyl adjacent to an activating group) is 1. The summed E-state index contributed by atoms with van der Waals surface area (Å²) in [6, 6.07) is 3.92. The molecule has 1 aliphatic rings. The first kappa shape index (κ1) is 14.0. The Morgan fingerprint density at radius 3 is 2.68 bits per heavy atom. The summed E-state index contributed by atoms with van der Waals surface area (Å²) in [7, 11) is 1.40. The Kier molecular flexibility index (Phi) is 3.91. The Balaban J connectivity index is 2.11. The van der Waals surface area contributed by atoms with E-state index in [1.165, 1.54) is 13.1 Å². The number of halogens is 2. The third kappa shape index (κ3) is 2.79. The van der Waals surface area contributed by atoms with Crippen molar-refractivity contribution in [2.45, 2.75) is 12.5 Å². The molecule has 100 valence electrons. The summed E-state index contributed by atoms with van der Waals surface area (Å²) in [4.78, 5) is 36.0. The Morgan fingerprint density at radius 1 is 1.47 bits per heavy atom. The molecule has 1 fully saturated rings. The van der Waals surface area contributed by atoms with Crippen molar-refractivity contribution in [1.82, 2.24) is 10.2 Å². The van der Waals surface area contributed by atoms with Crippen molar-refractivity contribution in [3.63, 3.8) is 0 Å². The van der Waals surface area contributed by atoms with Crippen molar-refractivity contribution >= 4 is 45.3 Å². The van der Waals surface area contributed by atoms with Crippen molar-refractivity contribution in [1.29, 1.82) is 0 Å². The first-order valence-corrected chi connectivity index (χ1v) is 6.63. The van der Waals surface area contributed by atoms with Gasteiger partial charge in [0, 0.05) is 17.1 Å². The van der Waals surface area contributed by atoms with Crippen LogP contribution in [0.4, 0.5) is 0 Å². The summed E-state index contributed by atoms with van der Waals surface area (Å²) >= 11 is 9.12. The van der Waals surface area contributed by atoms with Crippen LogP contribution in [0.15, 0.2) is 22.7 Å². The number of benzene rings is 1. The van der Waals surface area contributed by atoms with Gasteiger partial charge in [0.1, 0.15) is 6.04 Å². The van der Waals surface area contributed by atoms with Crippen LogP contribution in [0.25, 0.3) is 0 Å². The van der Waals surface area contributed by atoms with Gasteiger partial charge in [-0.2, -0.15) is 0 Å². The first-order chi connectivity index (χ1) is 8.90. The van der Waals surface area contributed by atoms with Crippen LogP contribution in [-0.4, -0.2) is 35.7 Å². The van der Waals surface area contributed by atoms with E-state index in [2.05, 4.69) is 21.2 Å². The number of hydrogen-bond acceptors (Lipinski definition) is 3. The number of carbonyl (C=O) groups excluding carboxylic acids is 3. The van der Waals surface area contributed by atoms with Crippen molar-refractivity contribution in [2.24, 2.45) is 0 Å². The second-order valence-electron chi connectivity index (χ2n) is 4.15. The van der Waals surface area contributed by atoms with Crippen LogP contribution in [0.5, 0.6) is 0 Å². The predicted octanol–water partition coefficient (Wildman–Crippen LogP) is 1.59. The molecule has 3 amide bonds. The van der Waals surface area contributed by atoms with E-state index in [9.17, 15) is 14.4 Å². The maximum Gasteiger partial charge on any atom is 0.252 e. The number of carbonyl (C=O) groups is 3. The fourth-order valence-corrected chi connectivity index (χ4v) is 2.17. The Labute approximate surface area is 123 Å². The summed E-state index contributed by atoms with van der Waals surface area (Å²) in [5, 5.41) is 2.93. The molecule has 0 aliphatic carbocycles. The highest BCUT2D eigenvalue weighted by Gasteiger charge is 2.37. The lowest BCUT2D eigenvalue weighted by molar-refractivity contribution is -0.137. The fourth-order valence-electron chi connectivity index (χ4n) is 1.75. The number of likely N-dealkylation sites (tertiary alicyclic amines) is 1. The van der Waals surface area contributed by atoms with E-state index in [0.29, 0.717) is 15.1 Å².